The maximum absolute atomic E-state index is 13.1. The van der Waals surface area contributed by atoms with Crippen molar-refractivity contribution in [3.63, 3.8) is 0 Å². The molecule has 0 saturated heterocycles. The zero-order chi connectivity index (χ0) is 19.7. The first-order valence-corrected chi connectivity index (χ1v) is 8.49. The van der Waals surface area contributed by atoms with Crippen LogP contribution in [-0.2, 0) is 9.59 Å². The third kappa shape index (κ3) is 6.30. The highest BCUT2D eigenvalue weighted by Gasteiger charge is 2.15. The van der Waals surface area contributed by atoms with Gasteiger partial charge in [-0.25, -0.2) is 4.39 Å². The topological polar surface area (TPSA) is 46.2 Å². The van der Waals surface area contributed by atoms with Crippen molar-refractivity contribution in [2.45, 2.75) is 20.8 Å². The van der Waals surface area contributed by atoms with Gasteiger partial charge < -0.3 is 0 Å². The molecule has 2 aromatic rings. The van der Waals surface area contributed by atoms with Crippen molar-refractivity contribution >= 4 is 35.1 Å². The van der Waals surface area contributed by atoms with Crippen molar-refractivity contribution in [3.05, 3.63) is 82.6 Å². The number of hydrogen-bond donors (Lipinski definition) is 1. The van der Waals surface area contributed by atoms with E-state index in [0.717, 1.165) is 5.56 Å². The quantitative estimate of drug-likeness (QED) is 0.586. The van der Waals surface area contributed by atoms with Crippen molar-refractivity contribution in [2.75, 3.05) is 0 Å². The number of carbonyl (C=O) groups is 2. The van der Waals surface area contributed by atoms with Gasteiger partial charge in [0, 0.05) is 16.2 Å². The molecule has 0 fully saturated rings. The van der Waals surface area contributed by atoms with Crippen LogP contribution in [0, 0.1) is 5.82 Å². The SMILES string of the molecule is C=C(C)C(=O)NC(=O)/C(=C\c1ccc(Cl)cc1)c1ccc(F)cc1.CC. The molecule has 0 aromatic heterocycles. The molecule has 136 valence electrons. The molecular formula is C21H21ClFNO2. The summed E-state index contributed by atoms with van der Waals surface area (Å²) in [6.07, 6.45) is 1.60. The average molecular weight is 374 g/mol. The largest absolute Gasteiger partial charge is 0.288 e. The number of benzene rings is 2. The van der Waals surface area contributed by atoms with Crippen LogP contribution >= 0.6 is 11.6 Å². The first-order chi connectivity index (χ1) is 12.4. The summed E-state index contributed by atoms with van der Waals surface area (Å²) in [6.45, 7) is 9.00. The normalized spacial score (nSPS) is 10.4. The molecule has 0 spiro atoms. The van der Waals surface area contributed by atoms with Gasteiger partial charge in [0.15, 0.2) is 0 Å². The van der Waals surface area contributed by atoms with Crippen LogP contribution in [0.5, 0.6) is 0 Å². The van der Waals surface area contributed by atoms with E-state index in [0.29, 0.717) is 10.6 Å². The van der Waals surface area contributed by atoms with Crippen LogP contribution in [0.15, 0.2) is 60.7 Å². The maximum atomic E-state index is 13.1. The molecule has 2 rings (SSSR count). The van der Waals surface area contributed by atoms with Gasteiger partial charge in [-0.3, -0.25) is 14.9 Å². The van der Waals surface area contributed by atoms with Crippen LogP contribution in [0.25, 0.3) is 11.6 Å². The number of rotatable bonds is 4. The fourth-order valence-corrected chi connectivity index (χ4v) is 2.04. The number of nitrogens with one attached hydrogen (secondary N) is 1. The zero-order valence-electron chi connectivity index (χ0n) is 15.0. The van der Waals surface area contributed by atoms with E-state index in [9.17, 15) is 14.0 Å². The minimum absolute atomic E-state index is 0.216. The molecule has 0 heterocycles. The third-order valence-corrected chi connectivity index (χ3v) is 3.45. The summed E-state index contributed by atoms with van der Waals surface area (Å²) >= 11 is 5.85. The van der Waals surface area contributed by atoms with E-state index < -0.39 is 17.6 Å². The molecule has 2 amide bonds. The van der Waals surface area contributed by atoms with E-state index in [-0.39, 0.29) is 11.1 Å². The highest BCUT2D eigenvalue weighted by Crippen LogP contribution is 2.20. The summed E-state index contributed by atoms with van der Waals surface area (Å²) in [5.41, 5.74) is 1.65. The van der Waals surface area contributed by atoms with Gasteiger partial charge in [0.25, 0.3) is 11.8 Å². The molecule has 26 heavy (non-hydrogen) atoms. The summed E-state index contributed by atoms with van der Waals surface area (Å²) in [5, 5.41) is 2.83. The van der Waals surface area contributed by atoms with Crippen molar-refractivity contribution in [1.82, 2.24) is 5.32 Å². The van der Waals surface area contributed by atoms with Gasteiger partial charge in [-0.05, 0) is 48.4 Å². The van der Waals surface area contributed by atoms with Gasteiger partial charge in [-0.1, -0.05) is 56.3 Å². The predicted octanol–water partition coefficient (Wildman–Crippen LogP) is 5.26. The lowest BCUT2D eigenvalue weighted by molar-refractivity contribution is -0.125. The number of hydrogen-bond acceptors (Lipinski definition) is 2. The minimum atomic E-state index is -0.593. The Labute approximate surface area is 158 Å². The first kappa shape index (κ1) is 21.3. The fourth-order valence-electron chi connectivity index (χ4n) is 1.91. The molecule has 0 atom stereocenters. The highest BCUT2D eigenvalue weighted by atomic mass is 35.5. The number of imide groups is 1. The fraction of sp³-hybridized carbons (Fsp3) is 0.143. The van der Waals surface area contributed by atoms with Crippen LogP contribution < -0.4 is 5.32 Å². The highest BCUT2D eigenvalue weighted by molar-refractivity contribution is 6.31. The second-order valence-electron chi connectivity index (χ2n) is 5.18. The smallest absolute Gasteiger partial charge is 0.258 e. The van der Waals surface area contributed by atoms with Gasteiger partial charge in [-0.15, -0.1) is 0 Å². The van der Waals surface area contributed by atoms with E-state index in [1.165, 1.54) is 31.2 Å². The van der Waals surface area contributed by atoms with Gasteiger partial charge in [-0.2, -0.15) is 0 Å². The monoisotopic (exact) mass is 373 g/mol. The second-order valence-corrected chi connectivity index (χ2v) is 5.62. The Kier molecular flexibility index (Phi) is 8.46. The molecule has 0 unspecified atom stereocenters. The van der Waals surface area contributed by atoms with Gasteiger partial charge >= 0.3 is 0 Å². The van der Waals surface area contributed by atoms with E-state index in [2.05, 4.69) is 11.9 Å². The Morgan fingerprint density at radius 3 is 2.04 bits per heavy atom. The summed E-state index contributed by atoms with van der Waals surface area (Å²) in [4.78, 5) is 24.2. The van der Waals surface area contributed by atoms with Crippen molar-refractivity contribution in [2.24, 2.45) is 0 Å². The number of amides is 2. The third-order valence-electron chi connectivity index (χ3n) is 3.20. The summed E-state index contributed by atoms with van der Waals surface area (Å²) < 4.78 is 13.1. The second kappa shape index (κ2) is 10.3. The minimum Gasteiger partial charge on any atom is -0.288 e. The maximum Gasteiger partial charge on any atom is 0.258 e. The van der Waals surface area contributed by atoms with Crippen LogP contribution in [0.4, 0.5) is 4.39 Å². The molecule has 0 saturated carbocycles. The molecular weight excluding hydrogens is 353 g/mol. The molecule has 0 radical (unpaired) electrons. The Hall–Kier alpha value is -2.72. The van der Waals surface area contributed by atoms with Crippen LogP contribution in [0.1, 0.15) is 31.9 Å². The Morgan fingerprint density at radius 2 is 1.54 bits per heavy atom. The van der Waals surface area contributed by atoms with Crippen molar-refractivity contribution in [1.29, 1.82) is 0 Å². The molecule has 1 N–H and O–H groups in total. The lowest BCUT2D eigenvalue weighted by atomic mass is 10.0. The van der Waals surface area contributed by atoms with Crippen molar-refractivity contribution in [3.8, 4) is 0 Å². The standard InChI is InChI=1S/C19H15ClFNO2.C2H6/c1-12(2)18(23)22-19(24)17(14-5-9-16(21)10-6-14)11-13-3-7-15(20)8-4-13;1-2/h3-11H,1H2,2H3,(H,22,23,24);1-2H3/b17-11-;. The molecule has 0 bridgehead atoms. The summed E-state index contributed by atoms with van der Waals surface area (Å²) in [6, 6.07) is 12.3. The molecule has 0 aliphatic carbocycles. The molecule has 3 nitrogen and oxygen atoms in total. The zero-order valence-corrected chi connectivity index (χ0v) is 15.7. The van der Waals surface area contributed by atoms with Gasteiger partial charge in [0.2, 0.25) is 0 Å². The Balaban J connectivity index is 0.00000163. The lowest BCUT2D eigenvalue weighted by Crippen LogP contribution is -2.31. The van der Waals surface area contributed by atoms with Crippen LogP contribution in [0.3, 0.4) is 0 Å². The van der Waals surface area contributed by atoms with Gasteiger partial charge in [0.05, 0.1) is 0 Å². The van der Waals surface area contributed by atoms with Gasteiger partial charge in [0.1, 0.15) is 5.82 Å². The van der Waals surface area contributed by atoms with Crippen LogP contribution in [0.2, 0.25) is 5.02 Å². The molecule has 0 aliphatic rings. The van der Waals surface area contributed by atoms with E-state index in [1.807, 2.05) is 13.8 Å². The molecule has 0 aliphatic heterocycles. The number of carbonyl (C=O) groups excluding carboxylic acids is 2. The first-order valence-electron chi connectivity index (χ1n) is 8.11. The van der Waals surface area contributed by atoms with Crippen LogP contribution in [-0.4, -0.2) is 11.8 Å². The number of halogens is 2. The van der Waals surface area contributed by atoms with E-state index >= 15 is 0 Å². The predicted molar refractivity (Wildman–Crippen MR) is 105 cm³/mol. The van der Waals surface area contributed by atoms with Crippen molar-refractivity contribution < 1.29 is 14.0 Å². The summed E-state index contributed by atoms with van der Waals surface area (Å²) in [7, 11) is 0. The Morgan fingerprint density at radius 1 is 1.00 bits per heavy atom. The van der Waals surface area contributed by atoms with E-state index in [1.54, 1.807) is 30.3 Å². The average Bonchev–Trinajstić information content (AvgIpc) is 2.63. The molecule has 2 aromatic carbocycles. The lowest BCUT2D eigenvalue weighted by Gasteiger charge is -2.09. The Bertz CT molecular complexity index is 809. The summed E-state index contributed by atoms with van der Waals surface area (Å²) in [5.74, 6) is -1.57. The molecule has 5 heteroatoms. The van der Waals surface area contributed by atoms with E-state index in [4.69, 9.17) is 11.6 Å².